The molecule has 0 aromatic heterocycles. The highest BCUT2D eigenvalue weighted by atomic mass is 32.2. The van der Waals surface area contributed by atoms with E-state index in [0.29, 0.717) is 24.7 Å². The Morgan fingerprint density at radius 1 is 1.21 bits per heavy atom. The Morgan fingerprint density at radius 3 is 2.43 bits per heavy atom. The molecule has 0 N–H and O–H groups in total. The fourth-order valence-electron chi connectivity index (χ4n) is 1.59. The van der Waals surface area contributed by atoms with Crippen LogP contribution in [0.15, 0.2) is 0 Å². The van der Waals surface area contributed by atoms with Gasteiger partial charge in [0.2, 0.25) is 0 Å². The average Bonchev–Trinajstić information content (AvgIpc) is 2.19. The maximum Gasteiger partial charge on any atom is 0.274 e. The van der Waals surface area contributed by atoms with Crippen molar-refractivity contribution < 1.29 is 12.6 Å². The average molecular weight is 219 g/mol. The first-order chi connectivity index (χ1) is 6.67. The summed E-state index contributed by atoms with van der Waals surface area (Å²) in [5.41, 5.74) is 0. The maximum absolute atomic E-state index is 11.6. The number of hydrogen-bond acceptors (Lipinski definition) is 3. The molecule has 4 heteroatoms. The molecule has 0 saturated heterocycles. The van der Waals surface area contributed by atoms with Gasteiger partial charge in [0.05, 0.1) is 6.61 Å². The molecule has 0 aromatic rings. The SMILES string of the molecule is CCCCOS(=O)(=O)[C]1CCCCC1. The third-order valence-corrected chi connectivity index (χ3v) is 4.09. The van der Waals surface area contributed by atoms with E-state index in [-0.39, 0.29) is 0 Å². The summed E-state index contributed by atoms with van der Waals surface area (Å²) in [6, 6.07) is 0. The van der Waals surface area contributed by atoms with Gasteiger partial charge in [-0.25, -0.2) is 0 Å². The van der Waals surface area contributed by atoms with Gasteiger partial charge in [0.1, 0.15) is 5.25 Å². The lowest BCUT2D eigenvalue weighted by Gasteiger charge is -2.20. The molecule has 1 rings (SSSR count). The smallest absolute Gasteiger partial charge is 0.270 e. The van der Waals surface area contributed by atoms with Gasteiger partial charge in [-0.1, -0.05) is 32.6 Å². The van der Waals surface area contributed by atoms with Crippen LogP contribution in [0.5, 0.6) is 0 Å². The van der Waals surface area contributed by atoms with E-state index < -0.39 is 10.1 Å². The van der Waals surface area contributed by atoms with Crippen LogP contribution in [0.3, 0.4) is 0 Å². The number of hydrogen-bond donors (Lipinski definition) is 0. The van der Waals surface area contributed by atoms with Gasteiger partial charge in [0.25, 0.3) is 10.1 Å². The highest BCUT2D eigenvalue weighted by molar-refractivity contribution is 7.89. The highest BCUT2D eigenvalue weighted by Crippen LogP contribution is 2.31. The van der Waals surface area contributed by atoms with Gasteiger partial charge in [-0.05, 0) is 19.3 Å². The lowest BCUT2D eigenvalue weighted by molar-refractivity contribution is 0.307. The van der Waals surface area contributed by atoms with Crippen molar-refractivity contribution in [2.24, 2.45) is 0 Å². The van der Waals surface area contributed by atoms with Crippen LogP contribution in [-0.4, -0.2) is 15.0 Å². The van der Waals surface area contributed by atoms with E-state index in [1.807, 2.05) is 6.92 Å². The van der Waals surface area contributed by atoms with Gasteiger partial charge >= 0.3 is 0 Å². The van der Waals surface area contributed by atoms with Crippen LogP contribution in [0, 0.1) is 5.25 Å². The second-order valence-electron chi connectivity index (χ2n) is 3.73. The zero-order valence-corrected chi connectivity index (χ0v) is 9.61. The molecule has 83 valence electrons. The summed E-state index contributed by atoms with van der Waals surface area (Å²) in [5, 5.41) is 0.611. The molecule has 1 fully saturated rings. The molecule has 1 aliphatic carbocycles. The molecule has 0 bridgehead atoms. The maximum atomic E-state index is 11.6. The van der Waals surface area contributed by atoms with Crippen LogP contribution in [0.1, 0.15) is 51.9 Å². The van der Waals surface area contributed by atoms with Crippen molar-refractivity contribution in [2.75, 3.05) is 6.61 Å². The van der Waals surface area contributed by atoms with E-state index in [2.05, 4.69) is 0 Å². The Hall–Kier alpha value is -0.0900. The lowest BCUT2D eigenvalue weighted by Crippen LogP contribution is -2.19. The van der Waals surface area contributed by atoms with E-state index in [1.54, 1.807) is 0 Å². The summed E-state index contributed by atoms with van der Waals surface area (Å²) in [5.74, 6) is 0. The fourth-order valence-corrected chi connectivity index (χ4v) is 2.89. The zero-order valence-electron chi connectivity index (χ0n) is 8.79. The van der Waals surface area contributed by atoms with Crippen LogP contribution in [0.4, 0.5) is 0 Å². The molecule has 14 heavy (non-hydrogen) atoms. The van der Waals surface area contributed by atoms with Crippen molar-refractivity contribution in [2.45, 2.75) is 51.9 Å². The topological polar surface area (TPSA) is 43.4 Å². The molecule has 0 spiro atoms. The van der Waals surface area contributed by atoms with E-state index in [9.17, 15) is 8.42 Å². The fraction of sp³-hybridized carbons (Fsp3) is 0.900. The first kappa shape index (κ1) is 12.0. The van der Waals surface area contributed by atoms with Crippen LogP contribution in [0.25, 0.3) is 0 Å². The molecular formula is C10H19O3S. The summed E-state index contributed by atoms with van der Waals surface area (Å²) >= 11 is 0. The molecule has 3 nitrogen and oxygen atoms in total. The van der Waals surface area contributed by atoms with Crippen molar-refractivity contribution in [1.29, 1.82) is 0 Å². The molecule has 0 aromatic carbocycles. The number of unbranched alkanes of at least 4 members (excludes halogenated alkanes) is 1. The van der Waals surface area contributed by atoms with E-state index in [0.717, 1.165) is 32.1 Å². The molecule has 1 aliphatic rings. The predicted molar refractivity (Wildman–Crippen MR) is 56.1 cm³/mol. The summed E-state index contributed by atoms with van der Waals surface area (Å²) in [6.07, 6.45) is 6.31. The van der Waals surface area contributed by atoms with Gasteiger partial charge in [-0.3, -0.25) is 4.18 Å². The van der Waals surface area contributed by atoms with Crippen LogP contribution in [-0.2, 0) is 14.3 Å². The Kier molecular flexibility index (Phi) is 4.89. The van der Waals surface area contributed by atoms with E-state index >= 15 is 0 Å². The third-order valence-electron chi connectivity index (χ3n) is 2.50. The summed E-state index contributed by atoms with van der Waals surface area (Å²) in [7, 11) is -3.34. The van der Waals surface area contributed by atoms with Gasteiger partial charge in [0, 0.05) is 0 Å². The lowest BCUT2D eigenvalue weighted by atomic mass is 10.0. The summed E-state index contributed by atoms with van der Waals surface area (Å²) in [6.45, 7) is 2.35. The molecule has 1 radical (unpaired) electrons. The van der Waals surface area contributed by atoms with Gasteiger partial charge in [-0.2, -0.15) is 8.42 Å². The van der Waals surface area contributed by atoms with Gasteiger partial charge < -0.3 is 0 Å². The minimum absolute atomic E-state index is 0.336. The van der Waals surface area contributed by atoms with Crippen molar-refractivity contribution in [1.82, 2.24) is 0 Å². The molecule has 0 aliphatic heterocycles. The Morgan fingerprint density at radius 2 is 1.86 bits per heavy atom. The first-order valence-electron chi connectivity index (χ1n) is 5.41. The zero-order chi connectivity index (χ0) is 10.4. The van der Waals surface area contributed by atoms with Crippen LogP contribution in [0.2, 0.25) is 0 Å². The minimum Gasteiger partial charge on any atom is -0.270 e. The van der Waals surface area contributed by atoms with Crippen molar-refractivity contribution >= 4 is 10.1 Å². The van der Waals surface area contributed by atoms with E-state index in [4.69, 9.17) is 4.18 Å². The molecule has 0 heterocycles. The first-order valence-corrected chi connectivity index (χ1v) is 6.82. The Balaban J connectivity index is 2.38. The molecule has 0 amide bonds. The normalized spacial score (nSPS) is 19.8. The second kappa shape index (κ2) is 5.71. The quantitative estimate of drug-likeness (QED) is 0.527. The highest BCUT2D eigenvalue weighted by Gasteiger charge is 2.28. The van der Waals surface area contributed by atoms with Gasteiger partial charge in [0.15, 0.2) is 0 Å². The minimum atomic E-state index is -3.34. The second-order valence-corrected chi connectivity index (χ2v) is 5.45. The van der Waals surface area contributed by atoms with Crippen molar-refractivity contribution in [3.8, 4) is 0 Å². The van der Waals surface area contributed by atoms with E-state index in [1.165, 1.54) is 0 Å². The summed E-state index contributed by atoms with van der Waals surface area (Å²) < 4.78 is 28.1. The monoisotopic (exact) mass is 219 g/mol. The van der Waals surface area contributed by atoms with Crippen molar-refractivity contribution in [3.63, 3.8) is 0 Å². The van der Waals surface area contributed by atoms with Crippen LogP contribution >= 0.6 is 0 Å². The molecule has 1 saturated carbocycles. The van der Waals surface area contributed by atoms with Crippen molar-refractivity contribution in [3.05, 3.63) is 5.25 Å². The predicted octanol–water partition coefficient (Wildman–Crippen LogP) is 2.63. The third kappa shape index (κ3) is 3.58. The standard InChI is InChI=1S/C10H19O3S/c1-2-3-9-13-14(11,12)10-7-5-4-6-8-10/h2-9H2,1H3. The molecule has 0 atom stereocenters. The molecular weight excluding hydrogens is 200 g/mol. The number of rotatable bonds is 5. The summed E-state index contributed by atoms with van der Waals surface area (Å²) in [4.78, 5) is 0. The largest absolute Gasteiger partial charge is 0.274 e. The Bertz CT molecular complexity index is 240. The molecule has 0 unspecified atom stereocenters. The van der Waals surface area contributed by atoms with Gasteiger partial charge in [-0.15, -0.1) is 0 Å². The Labute approximate surface area is 87.0 Å². The van der Waals surface area contributed by atoms with Crippen LogP contribution < -0.4 is 0 Å².